The zero-order chi connectivity index (χ0) is 20.1. The monoisotopic (exact) mass is 380 g/mol. The topological polar surface area (TPSA) is 68.2 Å². The highest BCUT2D eigenvalue weighted by molar-refractivity contribution is 6.29. The van der Waals surface area contributed by atoms with Gasteiger partial charge in [-0.3, -0.25) is 14.6 Å². The first-order valence-electron chi connectivity index (χ1n) is 9.29. The standard InChI is InChI=1S/C22H24N2O4/c1-4-28-17-11-9-16(10-12-17)24-21(25)19-8-6-5-7-18(19)20(22(24)26)13-23-15(2)14-27-3/h5-13,15,20H,4,14H2,1-3H3/t15-,20-/m1/s1. The van der Waals surface area contributed by atoms with Crippen LogP contribution in [0.25, 0.3) is 0 Å². The maximum absolute atomic E-state index is 13.2. The summed E-state index contributed by atoms with van der Waals surface area (Å²) < 4.78 is 10.5. The van der Waals surface area contributed by atoms with Gasteiger partial charge in [-0.1, -0.05) is 18.2 Å². The van der Waals surface area contributed by atoms with E-state index >= 15 is 0 Å². The number of fused-ring (bicyclic) bond motifs is 1. The predicted molar refractivity (Wildman–Crippen MR) is 108 cm³/mol. The van der Waals surface area contributed by atoms with Crippen LogP contribution in [0.3, 0.4) is 0 Å². The van der Waals surface area contributed by atoms with Gasteiger partial charge >= 0.3 is 0 Å². The largest absolute Gasteiger partial charge is 0.494 e. The van der Waals surface area contributed by atoms with E-state index < -0.39 is 5.92 Å². The summed E-state index contributed by atoms with van der Waals surface area (Å²) in [5, 5.41) is 0. The van der Waals surface area contributed by atoms with E-state index in [2.05, 4.69) is 4.99 Å². The van der Waals surface area contributed by atoms with Crippen molar-refractivity contribution in [2.24, 2.45) is 4.99 Å². The minimum Gasteiger partial charge on any atom is -0.494 e. The number of hydrogen-bond acceptors (Lipinski definition) is 5. The van der Waals surface area contributed by atoms with Gasteiger partial charge in [-0.2, -0.15) is 0 Å². The minimum atomic E-state index is -0.625. The molecule has 0 bridgehead atoms. The number of amides is 2. The predicted octanol–water partition coefficient (Wildman–Crippen LogP) is 3.46. The Bertz CT molecular complexity index is 876. The van der Waals surface area contributed by atoms with E-state index in [1.807, 2.05) is 19.9 Å². The fraction of sp³-hybridized carbons (Fsp3) is 0.318. The molecule has 28 heavy (non-hydrogen) atoms. The Kier molecular flexibility index (Phi) is 6.21. The molecule has 1 heterocycles. The van der Waals surface area contributed by atoms with Gasteiger partial charge in [0.15, 0.2) is 0 Å². The van der Waals surface area contributed by atoms with E-state index in [4.69, 9.17) is 9.47 Å². The molecule has 6 heteroatoms. The van der Waals surface area contributed by atoms with Crippen molar-refractivity contribution in [1.82, 2.24) is 0 Å². The average molecular weight is 380 g/mol. The van der Waals surface area contributed by atoms with Crippen molar-refractivity contribution in [3.05, 3.63) is 59.7 Å². The summed E-state index contributed by atoms with van der Waals surface area (Å²) in [6, 6.07) is 14.0. The number of rotatable bonds is 7. The lowest BCUT2D eigenvalue weighted by Crippen LogP contribution is -2.45. The molecule has 2 aromatic carbocycles. The number of nitrogens with zero attached hydrogens (tertiary/aromatic N) is 2. The minimum absolute atomic E-state index is 0.0819. The van der Waals surface area contributed by atoms with E-state index in [1.165, 1.54) is 4.90 Å². The molecular weight excluding hydrogens is 356 g/mol. The third kappa shape index (κ3) is 3.97. The molecule has 6 nitrogen and oxygen atoms in total. The molecule has 0 radical (unpaired) electrons. The maximum Gasteiger partial charge on any atom is 0.265 e. The number of ether oxygens (including phenoxy) is 2. The molecule has 0 unspecified atom stereocenters. The lowest BCUT2D eigenvalue weighted by molar-refractivity contribution is -0.118. The van der Waals surface area contributed by atoms with Crippen LogP contribution in [0.2, 0.25) is 0 Å². The molecule has 1 aliphatic rings. The SMILES string of the molecule is CCOc1ccc(N2C(=O)c3ccccc3[C@@H](C=N[C@H](C)COC)C2=O)cc1. The van der Waals surface area contributed by atoms with Gasteiger partial charge in [0, 0.05) is 18.9 Å². The second kappa shape index (κ2) is 8.80. The summed E-state index contributed by atoms with van der Waals surface area (Å²) in [6.07, 6.45) is 1.62. The molecule has 2 amide bonds. The van der Waals surface area contributed by atoms with Crippen molar-refractivity contribution in [2.75, 3.05) is 25.2 Å². The summed E-state index contributed by atoms with van der Waals surface area (Å²) in [6.45, 7) is 4.82. The lowest BCUT2D eigenvalue weighted by atomic mass is 9.89. The van der Waals surface area contributed by atoms with Crippen LogP contribution in [0, 0.1) is 0 Å². The molecule has 2 aromatic rings. The Labute approximate surface area is 164 Å². The molecule has 1 aliphatic heterocycles. The number of methoxy groups -OCH3 is 1. The summed E-state index contributed by atoms with van der Waals surface area (Å²) >= 11 is 0. The number of carbonyl (C=O) groups excluding carboxylic acids is 2. The summed E-state index contributed by atoms with van der Waals surface area (Å²) in [5.41, 5.74) is 1.69. The van der Waals surface area contributed by atoms with Crippen molar-refractivity contribution in [1.29, 1.82) is 0 Å². The fourth-order valence-electron chi connectivity index (χ4n) is 3.22. The van der Waals surface area contributed by atoms with Crippen LogP contribution in [0.1, 0.15) is 35.7 Å². The Morgan fingerprint density at radius 2 is 1.86 bits per heavy atom. The van der Waals surface area contributed by atoms with Crippen molar-refractivity contribution in [3.8, 4) is 5.75 Å². The molecule has 0 saturated heterocycles. The molecule has 0 aromatic heterocycles. The second-order valence-electron chi connectivity index (χ2n) is 6.57. The summed E-state index contributed by atoms with van der Waals surface area (Å²) in [7, 11) is 1.61. The Morgan fingerprint density at radius 3 is 2.54 bits per heavy atom. The van der Waals surface area contributed by atoms with Crippen LogP contribution in [-0.2, 0) is 9.53 Å². The average Bonchev–Trinajstić information content (AvgIpc) is 2.70. The van der Waals surface area contributed by atoms with Crippen LogP contribution in [-0.4, -0.2) is 44.4 Å². The van der Waals surface area contributed by atoms with Gasteiger partial charge in [0.2, 0.25) is 5.91 Å². The molecule has 2 atom stereocenters. The van der Waals surface area contributed by atoms with Crippen LogP contribution in [0.5, 0.6) is 5.75 Å². The van der Waals surface area contributed by atoms with E-state index in [0.717, 1.165) is 0 Å². The molecule has 0 spiro atoms. The van der Waals surface area contributed by atoms with Crippen LogP contribution in [0.4, 0.5) is 5.69 Å². The van der Waals surface area contributed by atoms with E-state index in [1.54, 1.807) is 55.8 Å². The third-order valence-electron chi connectivity index (χ3n) is 4.52. The van der Waals surface area contributed by atoms with Gasteiger partial charge in [0.1, 0.15) is 5.75 Å². The van der Waals surface area contributed by atoms with Gasteiger partial charge in [0.25, 0.3) is 5.91 Å². The quantitative estimate of drug-likeness (QED) is 0.545. The second-order valence-corrected chi connectivity index (χ2v) is 6.57. The molecular formula is C22H24N2O4. The third-order valence-corrected chi connectivity index (χ3v) is 4.52. The van der Waals surface area contributed by atoms with Crippen molar-refractivity contribution < 1.29 is 19.1 Å². The first-order valence-corrected chi connectivity index (χ1v) is 9.29. The van der Waals surface area contributed by atoms with E-state index in [-0.39, 0.29) is 17.9 Å². The molecule has 0 N–H and O–H groups in total. The smallest absolute Gasteiger partial charge is 0.265 e. The molecule has 146 valence electrons. The number of carbonyl (C=O) groups is 2. The molecule has 0 saturated carbocycles. The van der Waals surface area contributed by atoms with Crippen LogP contribution >= 0.6 is 0 Å². The Morgan fingerprint density at radius 1 is 1.14 bits per heavy atom. The lowest BCUT2D eigenvalue weighted by Gasteiger charge is -2.31. The molecule has 0 fully saturated rings. The van der Waals surface area contributed by atoms with Gasteiger partial charge < -0.3 is 9.47 Å². The zero-order valence-electron chi connectivity index (χ0n) is 16.3. The number of imide groups is 1. The normalized spacial score (nSPS) is 17.7. The number of anilines is 1. The van der Waals surface area contributed by atoms with Gasteiger partial charge in [-0.05, 0) is 49.7 Å². The number of benzene rings is 2. The summed E-state index contributed by atoms with van der Waals surface area (Å²) in [5.74, 6) is -0.588. The Hall–Kier alpha value is -2.99. The summed E-state index contributed by atoms with van der Waals surface area (Å²) in [4.78, 5) is 31.9. The van der Waals surface area contributed by atoms with Gasteiger partial charge in [0.05, 0.1) is 30.9 Å². The van der Waals surface area contributed by atoms with Crippen LogP contribution < -0.4 is 9.64 Å². The Balaban J connectivity index is 1.98. The van der Waals surface area contributed by atoms with Crippen molar-refractivity contribution >= 4 is 23.7 Å². The maximum atomic E-state index is 13.2. The highest BCUT2D eigenvalue weighted by atomic mass is 16.5. The van der Waals surface area contributed by atoms with E-state index in [0.29, 0.717) is 35.8 Å². The first-order chi connectivity index (χ1) is 13.6. The van der Waals surface area contributed by atoms with Crippen LogP contribution in [0.15, 0.2) is 53.5 Å². The first kappa shape index (κ1) is 19.8. The number of aliphatic imine (C=N–C) groups is 1. The molecule has 0 aliphatic carbocycles. The van der Waals surface area contributed by atoms with Gasteiger partial charge in [-0.15, -0.1) is 0 Å². The zero-order valence-corrected chi connectivity index (χ0v) is 16.3. The van der Waals surface area contributed by atoms with Crippen molar-refractivity contribution in [3.63, 3.8) is 0 Å². The van der Waals surface area contributed by atoms with Gasteiger partial charge in [-0.25, -0.2) is 4.90 Å². The highest BCUT2D eigenvalue weighted by Gasteiger charge is 2.38. The highest BCUT2D eigenvalue weighted by Crippen LogP contribution is 2.32. The molecule has 3 rings (SSSR count). The number of hydrogen-bond donors (Lipinski definition) is 0. The van der Waals surface area contributed by atoms with E-state index in [9.17, 15) is 9.59 Å². The van der Waals surface area contributed by atoms with Crippen molar-refractivity contribution in [2.45, 2.75) is 25.8 Å². The fourth-order valence-corrected chi connectivity index (χ4v) is 3.22.